The first-order valence-electron chi connectivity index (χ1n) is 10.5. The van der Waals surface area contributed by atoms with Crippen LogP contribution in [-0.4, -0.2) is 82.0 Å². The van der Waals surface area contributed by atoms with E-state index in [0.29, 0.717) is 12.3 Å². The van der Waals surface area contributed by atoms with E-state index in [4.69, 9.17) is 18.7 Å². The summed E-state index contributed by atoms with van der Waals surface area (Å²) in [7, 11) is 6.77. The molecule has 0 bridgehead atoms. The minimum absolute atomic E-state index is 0.708. The Morgan fingerprint density at radius 3 is 2.26 bits per heavy atom. The maximum atomic E-state index is 5.55. The molecule has 31 heavy (non-hydrogen) atoms. The van der Waals surface area contributed by atoms with Crippen molar-refractivity contribution >= 4 is 5.96 Å². The molecule has 0 spiro atoms. The van der Waals surface area contributed by atoms with Crippen molar-refractivity contribution in [1.82, 2.24) is 20.3 Å². The van der Waals surface area contributed by atoms with Crippen LogP contribution in [0.5, 0.6) is 17.2 Å². The summed E-state index contributed by atoms with van der Waals surface area (Å²) in [6.45, 7) is 7.16. The number of aromatic nitrogens is 1. The molecule has 0 amide bonds. The molecular formula is C22H33N5O4. The van der Waals surface area contributed by atoms with Crippen molar-refractivity contribution in [3.63, 3.8) is 0 Å². The number of rotatable bonds is 8. The van der Waals surface area contributed by atoms with Gasteiger partial charge in [0, 0.05) is 70.1 Å². The largest absolute Gasteiger partial charge is 0.496 e. The van der Waals surface area contributed by atoms with Gasteiger partial charge in [-0.05, 0) is 13.3 Å². The number of hydrogen-bond acceptors (Lipinski definition) is 7. The van der Waals surface area contributed by atoms with Crippen LogP contribution >= 0.6 is 0 Å². The summed E-state index contributed by atoms with van der Waals surface area (Å²) in [6.07, 6.45) is 0.737. The summed E-state index contributed by atoms with van der Waals surface area (Å²) in [4.78, 5) is 9.14. The SMILES string of the molecule is CN=C(NCCc1c(OC)cc(OC)cc1OC)N1CCN(Cc2cc(C)on2)CC1. The fourth-order valence-electron chi connectivity index (χ4n) is 3.80. The first kappa shape index (κ1) is 22.7. The van der Waals surface area contributed by atoms with E-state index in [1.807, 2.05) is 32.2 Å². The average Bonchev–Trinajstić information content (AvgIpc) is 3.21. The Morgan fingerprint density at radius 2 is 1.74 bits per heavy atom. The van der Waals surface area contributed by atoms with Crippen LogP contribution in [0.25, 0.3) is 0 Å². The molecule has 2 heterocycles. The minimum atomic E-state index is 0.708. The van der Waals surface area contributed by atoms with Gasteiger partial charge in [-0.3, -0.25) is 9.89 Å². The summed E-state index contributed by atoms with van der Waals surface area (Å²) >= 11 is 0. The summed E-state index contributed by atoms with van der Waals surface area (Å²) in [5, 5.41) is 7.57. The van der Waals surface area contributed by atoms with Gasteiger partial charge in [0.15, 0.2) is 5.96 Å². The topological polar surface area (TPSA) is 84.6 Å². The van der Waals surface area contributed by atoms with Crippen molar-refractivity contribution in [2.75, 3.05) is 61.1 Å². The quantitative estimate of drug-likeness (QED) is 0.502. The highest BCUT2D eigenvalue weighted by Crippen LogP contribution is 2.34. The first-order valence-corrected chi connectivity index (χ1v) is 10.5. The molecule has 9 nitrogen and oxygen atoms in total. The molecule has 1 aromatic carbocycles. The van der Waals surface area contributed by atoms with E-state index in [1.54, 1.807) is 21.3 Å². The van der Waals surface area contributed by atoms with Crippen LogP contribution in [0, 0.1) is 6.92 Å². The van der Waals surface area contributed by atoms with E-state index < -0.39 is 0 Å². The molecule has 1 aliphatic rings. The molecule has 1 aliphatic heterocycles. The Balaban J connectivity index is 1.52. The molecule has 1 fully saturated rings. The maximum Gasteiger partial charge on any atom is 0.193 e. The van der Waals surface area contributed by atoms with Gasteiger partial charge in [-0.15, -0.1) is 0 Å². The molecule has 3 rings (SSSR count). The molecule has 0 atom stereocenters. The molecule has 170 valence electrons. The van der Waals surface area contributed by atoms with Crippen LogP contribution in [0.3, 0.4) is 0 Å². The highest BCUT2D eigenvalue weighted by molar-refractivity contribution is 5.80. The van der Waals surface area contributed by atoms with E-state index in [0.717, 1.165) is 73.6 Å². The Kier molecular flexibility index (Phi) is 8.00. The molecule has 1 N–H and O–H groups in total. The van der Waals surface area contributed by atoms with Crippen molar-refractivity contribution in [2.24, 2.45) is 4.99 Å². The second-order valence-electron chi connectivity index (χ2n) is 7.43. The van der Waals surface area contributed by atoms with Gasteiger partial charge >= 0.3 is 0 Å². The van der Waals surface area contributed by atoms with Gasteiger partial charge < -0.3 is 29.0 Å². The lowest BCUT2D eigenvalue weighted by molar-refractivity contribution is 0.169. The van der Waals surface area contributed by atoms with Crippen LogP contribution in [0.1, 0.15) is 17.0 Å². The number of benzene rings is 1. The Bertz CT molecular complexity index is 850. The second-order valence-corrected chi connectivity index (χ2v) is 7.43. The zero-order valence-corrected chi connectivity index (χ0v) is 19.1. The van der Waals surface area contributed by atoms with E-state index in [9.17, 15) is 0 Å². The number of aliphatic imine (C=N–C) groups is 1. The molecule has 2 aromatic rings. The van der Waals surface area contributed by atoms with Crippen molar-refractivity contribution in [3.8, 4) is 17.2 Å². The van der Waals surface area contributed by atoms with Crippen molar-refractivity contribution < 1.29 is 18.7 Å². The summed E-state index contributed by atoms with van der Waals surface area (Å²) < 4.78 is 21.6. The second kappa shape index (κ2) is 10.9. The molecule has 0 unspecified atom stereocenters. The van der Waals surface area contributed by atoms with Gasteiger partial charge in [-0.25, -0.2) is 0 Å². The van der Waals surface area contributed by atoms with Crippen molar-refractivity contribution in [1.29, 1.82) is 0 Å². The number of methoxy groups -OCH3 is 3. The van der Waals surface area contributed by atoms with Crippen LogP contribution in [-0.2, 0) is 13.0 Å². The highest BCUT2D eigenvalue weighted by atomic mass is 16.5. The number of piperazine rings is 1. The fraction of sp³-hybridized carbons (Fsp3) is 0.545. The molecule has 0 aliphatic carbocycles. The molecule has 1 aromatic heterocycles. The van der Waals surface area contributed by atoms with Gasteiger partial charge in [-0.1, -0.05) is 5.16 Å². The molecule has 0 saturated carbocycles. The number of nitrogens with one attached hydrogen (secondary N) is 1. The Morgan fingerprint density at radius 1 is 1.06 bits per heavy atom. The van der Waals surface area contributed by atoms with Gasteiger partial charge in [0.2, 0.25) is 0 Å². The highest BCUT2D eigenvalue weighted by Gasteiger charge is 2.21. The van der Waals surface area contributed by atoms with Crippen molar-refractivity contribution in [2.45, 2.75) is 19.9 Å². The van der Waals surface area contributed by atoms with Gasteiger partial charge in [-0.2, -0.15) is 0 Å². The monoisotopic (exact) mass is 431 g/mol. The third kappa shape index (κ3) is 5.81. The Hall–Kier alpha value is -2.94. The number of nitrogens with zero attached hydrogens (tertiary/aromatic N) is 4. The molecule has 9 heteroatoms. The third-order valence-corrected chi connectivity index (χ3v) is 5.42. The third-order valence-electron chi connectivity index (χ3n) is 5.42. The standard InChI is InChI=1S/C22H33N5O4/c1-16-12-17(25-31-16)15-26-8-10-27(11-9-26)22(23-2)24-7-6-19-20(29-4)13-18(28-3)14-21(19)30-5/h12-14H,6-11,15H2,1-5H3,(H,23,24). The van der Waals surface area contributed by atoms with Crippen LogP contribution in [0.2, 0.25) is 0 Å². The van der Waals surface area contributed by atoms with E-state index in [-0.39, 0.29) is 0 Å². The molecule has 0 radical (unpaired) electrons. The zero-order chi connectivity index (χ0) is 22.2. The lowest BCUT2D eigenvalue weighted by atomic mass is 10.1. The first-order chi connectivity index (χ1) is 15.1. The van der Waals surface area contributed by atoms with Crippen LogP contribution in [0.4, 0.5) is 0 Å². The van der Waals surface area contributed by atoms with Crippen molar-refractivity contribution in [3.05, 3.63) is 35.2 Å². The van der Waals surface area contributed by atoms with Gasteiger partial charge in [0.25, 0.3) is 0 Å². The van der Waals surface area contributed by atoms with Gasteiger partial charge in [0.05, 0.1) is 27.0 Å². The molecular weight excluding hydrogens is 398 g/mol. The maximum absolute atomic E-state index is 5.55. The Labute approximate surface area is 183 Å². The summed E-state index contributed by atoms with van der Waals surface area (Å²) in [5.74, 6) is 3.97. The number of guanidine groups is 1. The van der Waals surface area contributed by atoms with E-state index >= 15 is 0 Å². The summed E-state index contributed by atoms with van der Waals surface area (Å²) in [6, 6.07) is 5.75. The average molecular weight is 432 g/mol. The lowest BCUT2D eigenvalue weighted by Gasteiger charge is -2.36. The number of hydrogen-bond donors (Lipinski definition) is 1. The number of ether oxygens (including phenoxy) is 3. The smallest absolute Gasteiger partial charge is 0.193 e. The minimum Gasteiger partial charge on any atom is -0.496 e. The lowest BCUT2D eigenvalue weighted by Crippen LogP contribution is -2.52. The van der Waals surface area contributed by atoms with E-state index in [1.165, 1.54) is 0 Å². The van der Waals surface area contributed by atoms with Crippen LogP contribution in [0.15, 0.2) is 27.7 Å². The van der Waals surface area contributed by atoms with Gasteiger partial charge in [0.1, 0.15) is 23.0 Å². The predicted molar refractivity (Wildman–Crippen MR) is 119 cm³/mol. The van der Waals surface area contributed by atoms with E-state index in [2.05, 4.69) is 25.3 Å². The normalized spacial score (nSPS) is 15.1. The van der Waals surface area contributed by atoms with Crippen LogP contribution < -0.4 is 19.5 Å². The predicted octanol–water partition coefficient (Wildman–Crippen LogP) is 1.94. The summed E-state index contributed by atoms with van der Waals surface area (Å²) in [5.41, 5.74) is 1.98. The molecule has 1 saturated heterocycles. The number of aryl methyl sites for hydroxylation is 1. The zero-order valence-electron chi connectivity index (χ0n) is 19.1. The fourth-order valence-corrected chi connectivity index (χ4v) is 3.80.